The number of imide groups is 1. The summed E-state index contributed by atoms with van der Waals surface area (Å²) in [7, 11) is 0. The summed E-state index contributed by atoms with van der Waals surface area (Å²) >= 11 is 0. The SMILES string of the molecule is O=C(O)O.O=C1CC(Cc2ccccc2)C(=O)N1. The smallest absolute Gasteiger partial charge is 0.450 e. The third-order valence-corrected chi connectivity index (χ3v) is 2.39. The van der Waals surface area contributed by atoms with E-state index in [1.165, 1.54) is 0 Å². The van der Waals surface area contributed by atoms with E-state index in [-0.39, 0.29) is 17.7 Å². The summed E-state index contributed by atoms with van der Waals surface area (Å²) < 4.78 is 0. The lowest BCUT2D eigenvalue weighted by Crippen LogP contribution is -2.22. The molecule has 1 aliphatic heterocycles. The van der Waals surface area contributed by atoms with E-state index < -0.39 is 6.16 Å². The number of carbonyl (C=O) groups excluding carboxylic acids is 2. The number of carboxylic acid groups (broad SMARTS) is 2. The van der Waals surface area contributed by atoms with Crippen molar-refractivity contribution >= 4 is 18.0 Å². The molecule has 0 spiro atoms. The van der Waals surface area contributed by atoms with Crippen molar-refractivity contribution in [3.05, 3.63) is 35.9 Å². The molecule has 0 aliphatic carbocycles. The van der Waals surface area contributed by atoms with Crippen LogP contribution in [0.15, 0.2) is 30.3 Å². The summed E-state index contributed by atoms with van der Waals surface area (Å²) in [6.45, 7) is 0. The van der Waals surface area contributed by atoms with E-state index in [0.717, 1.165) is 5.56 Å². The number of amides is 2. The van der Waals surface area contributed by atoms with Crippen LogP contribution in [0.3, 0.4) is 0 Å². The van der Waals surface area contributed by atoms with E-state index in [9.17, 15) is 9.59 Å². The second-order valence-corrected chi connectivity index (χ2v) is 3.79. The highest BCUT2D eigenvalue weighted by Gasteiger charge is 2.30. The van der Waals surface area contributed by atoms with E-state index in [1.54, 1.807) is 0 Å². The summed E-state index contributed by atoms with van der Waals surface area (Å²) in [4.78, 5) is 30.7. The van der Waals surface area contributed by atoms with E-state index in [0.29, 0.717) is 12.8 Å². The molecule has 0 radical (unpaired) electrons. The van der Waals surface area contributed by atoms with Crippen LogP contribution < -0.4 is 5.32 Å². The van der Waals surface area contributed by atoms with Crippen molar-refractivity contribution in [3.8, 4) is 0 Å². The highest BCUT2D eigenvalue weighted by atomic mass is 16.6. The fourth-order valence-corrected chi connectivity index (χ4v) is 1.67. The van der Waals surface area contributed by atoms with Crippen molar-refractivity contribution in [3.63, 3.8) is 0 Å². The lowest BCUT2D eigenvalue weighted by atomic mass is 9.98. The van der Waals surface area contributed by atoms with E-state index >= 15 is 0 Å². The molecule has 0 bridgehead atoms. The molecule has 2 amide bonds. The van der Waals surface area contributed by atoms with Crippen LogP contribution in [0.1, 0.15) is 12.0 Å². The molecule has 3 N–H and O–H groups in total. The van der Waals surface area contributed by atoms with Crippen LogP contribution in [0.5, 0.6) is 0 Å². The summed E-state index contributed by atoms with van der Waals surface area (Å²) in [6, 6.07) is 9.74. The Morgan fingerprint density at radius 1 is 1.22 bits per heavy atom. The van der Waals surface area contributed by atoms with Crippen LogP contribution in [0.25, 0.3) is 0 Å². The fraction of sp³-hybridized carbons (Fsp3) is 0.250. The Hall–Kier alpha value is -2.37. The zero-order valence-corrected chi connectivity index (χ0v) is 9.50. The highest BCUT2D eigenvalue weighted by molar-refractivity contribution is 6.03. The van der Waals surface area contributed by atoms with E-state index in [2.05, 4.69) is 5.32 Å². The van der Waals surface area contributed by atoms with Gasteiger partial charge in [-0.2, -0.15) is 0 Å². The lowest BCUT2D eigenvalue weighted by Gasteiger charge is -2.04. The molecular formula is C12H13NO5. The molecule has 1 atom stereocenters. The molecule has 2 rings (SSSR count). The predicted octanol–water partition coefficient (Wildman–Crippen LogP) is 1.11. The number of carbonyl (C=O) groups is 3. The average molecular weight is 251 g/mol. The van der Waals surface area contributed by atoms with Crippen molar-refractivity contribution in [1.82, 2.24) is 5.32 Å². The molecule has 96 valence electrons. The van der Waals surface area contributed by atoms with Crippen LogP contribution in [0.4, 0.5) is 4.79 Å². The van der Waals surface area contributed by atoms with Gasteiger partial charge in [-0.15, -0.1) is 0 Å². The van der Waals surface area contributed by atoms with Gasteiger partial charge in [-0.05, 0) is 12.0 Å². The second-order valence-electron chi connectivity index (χ2n) is 3.79. The second kappa shape index (κ2) is 6.39. The zero-order valence-electron chi connectivity index (χ0n) is 9.50. The number of hydrogen-bond donors (Lipinski definition) is 3. The van der Waals surface area contributed by atoms with Crippen molar-refractivity contribution in [2.75, 3.05) is 0 Å². The zero-order chi connectivity index (χ0) is 13.5. The number of rotatable bonds is 2. The molecule has 6 nitrogen and oxygen atoms in total. The van der Waals surface area contributed by atoms with Gasteiger partial charge >= 0.3 is 6.16 Å². The van der Waals surface area contributed by atoms with Gasteiger partial charge in [-0.3, -0.25) is 14.9 Å². The van der Waals surface area contributed by atoms with Gasteiger partial charge in [0.2, 0.25) is 11.8 Å². The Labute approximate surface area is 103 Å². The first kappa shape index (κ1) is 13.7. The van der Waals surface area contributed by atoms with Gasteiger partial charge in [-0.1, -0.05) is 30.3 Å². The molecule has 1 aromatic carbocycles. The highest BCUT2D eigenvalue weighted by Crippen LogP contribution is 2.16. The van der Waals surface area contributed by atoms with Crippen molar-refractivity contribution < 1.29 is 24.6 Å². The van der Waals surface area contributed by atoms with Gasteiger partial charge < -0.3 is 10.2 Å². The van der Waals surface area contributed by atoms with Crippen LogP contribution >= 0.6 is 0 Å². The first-order chi connectivity index (χ1) is 8.49. The normalized spacial score (nSPS) is 17.7. The van der Waals surface area contributed by atoms with Crippen molar-refractivity contribution in [2.45, 2.75) is 12.8 Å². The summed E-state index contributed by atoms with van der Waals surface area (Å²) in [5, 5.41) is 16.3. The standard InChI is InChI=1S/C11H11NO2.CH2O3/c13-10-7-9(11(14)12-10)6-8-4-2-1-3-5-8;2-1(3)4/h1-5,9H,6-7H2,(H,12,13,14);(H2,2,3,4). The number of nitrogens with one attached hydrogen (secondary N) is 1. The summed E-state index contributed by atoms with van der Waals surface area (Å²) in [5.41, 5.74) is 1.10. The minimum atomic E-state index is -1.83. The third kappa shape index (κ3) is 4.65. The maximum absolute atomic E-state index is 11.3. The Morgan fingerprint density at radius 2 is 1.78 bits per heavy atom. The van der Waals surface area contributed by atoms with Crippen LogP contribution in [-0.4, -0.2) is 28.2 Å². The molecule has 1 fully saturated rings. The third-order valence-electron chi connectivity index (χ3n) is 2.39. The molecule has 1 saturated heterocycles. The first-order valence-electron chi connectivity index (χ1n) is 5.28. The predicted molar refractivity (Wildman–Crippen MR) is 62.1 cm³/mol. The van der Waals surface area contributed by atoms with Gasteiger partial charge in [0.1, 0.15) is 0 Å². The Kier molecular flexibility index (Phi) is 4.86. The topological polar surface area (TPSA) is 104 Å². The number of hydrogen-bond acceptors (Lipinski definition) is 3. The largest absolute Gasteiger partial charge is 0.503 e. The average Bonchev–Trinajstić information content (AvgIpc) is 2.58. The van der Waals surface area contributed by atoms with Gasteiger partial charge in [0.25, 0.3) is 0 Å². The molecule has 1 unspecified atom stereocenters. The Balaban J connectivity index is 0.000000357. The molecule has 6 heteroatoms. The first-order valence-corrected chi connectivity index (χ1v) is 5.28. The van der Waals surface area contributed by atoms with E-state index in [4.69, 9.17) is 15.0 Å². The van der Waals surface area contributed by atoms with Gasteiger partial charge in [0, 0.05) is 6.42 Å². The Morgan fingerprint density at radius 3 is 2.22 bits per heavy atom. The number of benzene rings is 1. The quantitative estimate of drug-likeness (QED) is 0.683. The molecule has 0 aromatic heterocycles. The maximum atomic E-state index is 11.3. The lowest BCUT2D eigenvalue weighted by molar-refractivity contribution is -0.125. The Bertz CT molecular complexity index is 439. The molecular weight excluding hydrogens is 238 g/mol. The maximum Gasteiger partial charge on any atom is 0.503 e. The molecule has 0 saturated carbocycles. The van der Waals surface area contributed by atoms with Gasteiger partial charge in [-0.25, -0.2) is 4.79 Å². The van der Waals surface area contributed by atoms with Crippen LogP contribution in [-0.2, 0) is 16.0 Å². The molecule has 1 aromatic rings. The molecule has 18 heavy (non-hydrogen) atoms. The minimum absolute atomic E-state index is 0.140. The summed E-state index contributed by atoms with van der Waals surface area (Å²) in [5.74, 6) is -0.473. The fourth-order valence-electron chi connectivity index (χ4n) is 1.67. The molecule has 1 aliphatic rings. The monoisotopic (exact) mass is 251 g/mol. The summed E-state index contributed by atoms with van der Waals surface area (Å²) in [6.07, 6.45) is -0.855. The molecule has 1 heterocycles. The van der Waals surface area contributed by atoms with Gasteiger partial charge in [0.15, 0.2) is 0 Å². The van der Waals surface area contributed by atoms with Gasteiger partial charge in [0.05, 0.1) is 5.92 Å². The van der Waals surface area contributed by atoms with Crippen LogP contribution in [0.2, 0.25) is 0 Å². The van der Waals surface area contributed by atoms with Crippen molar-refractivity contribution in [2.24, 2.45) is 5.92 Å². The minimum Gasteiger partial charge on any atom is -0.450 e. The van der Waals surface area contributed by atoms with Crippen LogP contribution in [0, 0.1) is 5.92 Å². The van der Waals surface area contributed by atoms with E-state index in [1.807, 2.05) is 30.3 Å². The van der Waals surface area contributed by atoms with Crippen molar-refractivity contribution in [1.29, 1.82) is 0 Å².